The van der Waals surface area contributed by atoms with Gasteiger partial charge in [0.25, 0.3) is 0 Å². The topological polar surface area (TPSA) is 49.8 Å². The molecular weight excluding hydrogens is 643 g/mol. The molecule has 5 rings (SSSR count). The molecule has 5 nitrogen and oxygen atoms in total. The highest BCUT2D eigenvalue weighted by Gasteiger charge is 2.04. The standard InChI is InChI=1S/C47H53NO4/c1-3-5-7-9-30-51-46-26-22-40(23-27-46)32-38-14-18-42(19-15-38)34-49-36-44-12-11-13-45(48-44)37-50-35-43-20-16-39(17-21-43)33-41-24-28-47(29-25-41)52-31-10-8-6-4-2/h3-4,11-29H,1-2,5-10,30-37H2. The number of aromatic nitrogens is 1. The Labute approximate surface area is 311 Å². The SMILES string of the molecule is C=CCCCCOc1ccc(Cc2ccc(COCc3cccc(COCc4ccc(Cc5ccc(OCCCCC=C)cc5)cc4)n3)cc2)cc1. The lowest BCUT2D eigenvalue weighted by Gasteiger charge is -2.09. The summed E-state index contributed by atoms with van der Waals surface area (Å²) in [7, 11) is 0. The molecule has 0 aliphatic heterocycles. The Morgan fingerprint density at radius 1 is 0.423 bits per heavy atom. The number of ether oxygens (including phenoxy) is 4. The third-order valence-electron chi connectivity index (χ3n) is 8.75. The first-order chi connectivity index (χ1) is 25.7. The average Bonchev–Trinajstić information content (AvgIpc) is 3.17. The summed E-state index contributed by atoms with van der Waals surface area (Å²) in [5.41, 5.74) is 9.15. The van der Waals surface area contributed by atoms with Crippen molar-refractivity contribution >= 4 is 0 Å². The zero-order valence-electron chi connectivity index (χ0n) is 30.5. The van der Waals surface area contributed by atoms with Crippen molar-refractivity contribution in [1.29, 1.82) is 0 Å². The molecule has 0 unspecified atom stereocenters. The maximum atomic E-state index is 6.02. The van der Waals surface area contributed by atoms with E-state index >= 15 is 0 Å². The van der Waals surface area contributed by atoms with Crippen LogP contribution in [0, 0.1) is 0 Å². The van der Waals surface area contributed by atoms with E-state index in [9.17, 15) is 0 Å². The predicted molar refractivity (Wildman–Crippen MR) is 212 cm³/mol. The van der Waals surface area contributed by atoms with Crippen LogP contribution in [0.15, 0.2) is 141 Å². The van der Waals surface area contributed by atoms with Crippen LogP contribution in [0.4, 0.5) is 0 Å². The summed E-state index contributed by atoms with van der Waals surface area (Å²) >= 11 is 0. The zero-order valence-corrected chi connectivity index (χ0v) is 30.5. The third kappa shape index (κ3) is 14.0. The van der Waals surface area contributed by atoms with Crippen LogP contribution < -0.4 is 9.47 Å². The van der Waals surface area contributed by atoms with E-state index in [-0.39, 0.29) is 0 Å². The summed E-state index contributed by atoms with van der Waals surface area (Å²) in [4.78, 5) is 4.75. The van der Waals surface area contributed by atoms with Crippen LogP contribution in [0.3, 0.4) is 0 Å². The molecule has 0 fully saturated rings. The summed E-state index contributed by atoms with van der Waals surface area (Å²) in [5, 5.41) is 0. The second-order valence-electron chi connectivity index (χ2n) is 13.1. The van der Waals surface area contributed by atoms with Gasteiger partial charge in [0.2, 0.25) is 0 Å². The van der Waals surface area contributed by atoms with Gasteiger partial charge in [-0.1, -0.05) is 91.0 Å². The van der Waals surface area contributed by atoms with Crippen molar-refractivity contribution in [1.82, 2.24) is 4.98 Å². The van der Waals surface area contributed by atoms with E-state index in [2.05, 4.69) is 110 Å². The van der Waals surface area contributed by atoms with Crippen molar-refractivity contribution < 1.29 is 18.9 Å². The van der Waals surface area contributed by atoms with Crippen LogP contribution in [-0.4, -0.2) is 18.2 Å². The first-order valence-corrected chi connectivity index (χ1v) is 18.6. The smallest absolute Gasteiger partial charge is 0.119 e. The van der Waals surface area contributed by atoms with Gasteiger partial charge in [-0.2, -0.15) is 0 Å². The maximum absolute atomic E-state index is 6.02. The normalized spacial score (nSPS) is 10.9. The van der Waals surface area contributed by atoms with Gasteiger partial charge in [-0.15, -0.1) is 13.2 Å². The Morgan fingerprint density at radius 2 is 0.788 bits per heavy atom. The quantitative estimate of drug-likeness (QED) is 0.0475. The van der Waals surface area contributed by atoms with Gasteiger partial charge in [0.05, 0.1) is 51.0 Å². The van der Waals surface area contributed by atoms with Crippen molar-refractivity contribution in [3.05, 3.63) is 185 Å². The van der Waals surface area contributed by atoms with Crippen molar-refractivity contribution in [2.45, 2.75) is 77.8 Å². The van der Waals surface area contributed by atoms with E-state index in [1.807, 2.05) is 30.4 Å². The molecular formula is C47H53NO4. The van der Waals surface area contributed by atoms with E-state index in [1.54, 1.807) is 0 Å². The lowest BCUT2D eigenvalue weighted by molar-refractivity contribution is 0.0980. The Bertz CT molecular complexity index is 1620. The average molecular weight is 696 g/mol. The fraction of sp³-hybridized carbons (Fsp3) is 0.298. The summed E-state index contributed by atoms with van der Waals surface area (Å²) in [6, 6.07) is 40.1. The number of allylic oxidation sites excluding steroid dienone is 2. The highest BCUT2D eigenvalue weighted by molar-refractivity contribution is 5.34. The van der Waals surface area contributed by atoms with Gasteiger partial charge < -0.3 is 18.9 Å². The molecule has 0 atom stereocenters. The van der Waals surface area contributed by atoms with E-state index in [4.69, 9.17) is 23.9 Å². The van der Waals surface area contributed by atoms with Gasteiger partial charge >= 0.3 is 0 Å². The molecule has 0 aliphatic rings. The first kappa shape index (κ1) is 38.3. The third-order valence-corrected chi connectivity index (χ3v) is 8.75. The molecule has 0 spiro atoms. The fourth-order valence-corrected chi connectivity index (χ4v) is 5.78. The highest BCUT2D eigenvalue weighted by Crippen LogP contribution is 2.19. The molecule has 52 heavy (non-hydrogen) atoms. The predicted octanol–water partition coefficient (Wildman–Crippen LogP) is 11.2. The summed E-state index contributed by atoms with van der Waals surface area (Å²) < 4.78 is 23.7. The van der Waals surface area contributed by atoms with Gasteiger partial charge in [-0.25, -0.2) is 0 Å². The van der Waals surface area contributed by atoms with Crippen LogP contribution >= 0.6 is 0 Å². The Balaban J connectivity index is 0.970. The van der Waals surface area contributed by atoms with Crippen molar-refractivity contribution in [3.8, 4) is 11.5 Å². The molecule has 0 saturated carbocycles. The number of hydrogen-bond donors (Lipinski definition) is 0. The van der Waals surface area contributed by atoms with Crippen LogP contribution in [-0.2, 0) is 48.7 Å². The molecule has 1 heterocycles. The second-order valence-corrected chi connectivity index (χ2v) is 13.1. The van der Waals surface area contributed by atoms with E-state index in [0.29, 0.717) is 26.4 Å². The molecule has 0 aliphatic carbocycles. The molecule has 4 aromatic carbocycles. The zero-order chi connectivity index (χ0) is 36.1. The number of rotatable bonds is 24. The van der Waals surface area contributed by atoms with Gasteiger partial charge in [-0.3, -0.25) is 4.98 Å². The van der Waals surface area contributed by atoms with Gasteiger partial charge in [0.1, 0.15) is 11.5 Å². The van der Waals surface area contributed by atoms with E-state index < -0.39 is 0 Å². The van der Waals surface area contributed by atoms with Crippen molar-refractivity contribution in [2.24, 2.45) is 0 Å². The monoisotopic (exact) mass is 695 g/mol. The van der Waals surface area contributed by atoms with Crippen LogP contribution in [0.25, 0.3) is 0 Å². The number of pyridine rings is 1. The van der Waals surface area contributed by atoms with Crippen LogP contribution in [0.1, 0.15) is 83.3 Å². The van der Waals surface area contributed by atoms with Crippen LogP contribution in [0.5, 0.6) is 11.5 Å². The number of unbranched alkanes of at least 4 members (excludes halogenated alkanes) is 4. The molecule has 270 valence electrons. The summed E-state index contributed by atoms with van der Waals surface area (Å²) in [6.07, 6.45) is 12.1. The Hall–Kier alpha value is -4.97. The lowest BCUT2D eigenvalue weighted by atomic mass is 10.0. The number of benzene rings is 4. The number of nitrogens with zero attached hydrogens (tertiary/aromatic N) is 1. The first-order valence-electron chi connectivity index (χ1n) is 18.6. The minimum atomic E-state index is 0.450. The second kappa shape index (κ2) is 22.1. The minimum Gasteiger partial charge on any atom is -0.494 e. The van der Waals surface area contributed by atoms with E-state index in [0.717, 1.165) is 98.6 Å². The fourth-order valence-electron chi connectivity index (χ4n) is 5.78. The van der Waals surface area contributed by atoms with Crippen molar-refractivity contribution in [3.63, 3.8) is 0 Å². The molecule has 5 aromatic rings. The summed E-state index contributed by atoms with van der Waals surface area (Å²) in [5.74, 6) is 1.85. The summed E-state index contributed by atoms with van der Waals surface area (Å²) in [6.45, 7) is 11.0. The molecule has 0 saturated heterocycles. The van der Waals surface area contributed by atoms with Crippen molar-refractivity contribution in [2.75, 3.05) is 13.2 Å². The minimum absolute atomic E-state index is 0.450. The molecule has 0 radical (unpaired) electrons. The lowest BCUT2D eigenvalue weighted by Crippen LogP contribution is -2.01. The largest absolute Gasteiger partial charge is 0.494 e. The molecule has 1 aromatic heterocycles. The molecule has 0 N–H and O–H groups in total. The Morgan fingerprint density at radius 3 is 1.17 bits per heavy atom. The van der Waals surface area contributed by atoms with Gasteiger partial charge in [-0.05, 0) is 121 Å². The van der Waals surface area contributed by atoms with E-state index in [1.165, 1.54) is 22.3 Å². The maximum Gasteiger partial charge on any atom is 0.119 e. The number of hydrogen-bond acceptors (Lipinski definition) is 5. The molecule has 5 heteroatoms. The van der Waals surface area contributed by atoms with Gasteiger partial charge in [0, 0.05) is 0 Å². The van der Waals surface area contributed by atoms with Gasteiger partial charge in [0.15, 0.2) is 0 Å². The van der Waals surface area contributed by atoms with Crippen LogP contribution in [0.2, 0.25) is 0 Å². The molecule has 0 bridgehead atoms. The molecule has 0 amide bonds. The Kier molecular flexibility index (Phi) is 16.2. The highest BCUT2D eigenvalue weighted by atomic mass is 16.5.